The van der Waals surface area contributed by atoms with Crippen molar-refractivity contribution in [3.63, 3.8) is 0 Å². The number of hydrogen-bond acceptors (Lipinski definition) is 4. The second-order valence-corrected chi connectivity index (χ2v) is 6.93. The molecule has 0 spiro atoms. The van der Waals surface area contributed by atoms with E-state index in [0.717, 1.165) is 38.6 Å². The van der Waals surface area contributed by atoms with Crippen LogP contribution in [0.2, 0.25) is 0 Å². The lowest BCUT2D eigenvalue weighted by Crippen LogP contribution is -2.26. The topological polar surface area (TPSA) is 60.3 Å². The lowest BCUT2D eigenvalue weighted by atomic mass is 10.0. The quantitative estimate of drug-likeness (QED) is 0.618. The average Bonchev–Trinajstić information content (AvgIpc) is 2.71. The van der Waals surface area contributed by atoms with Gasteiger partial charge in [-0.2, -0.15) is 0 Å². The summed E-state index contributed by atoms with van der Waals surface area (Å²) in [6.45, 7) is 9.47. The Morgan fingerprint density at radius 3 is 2.41 bits per heavy atom. The number of nitrogens with zero attached hydrogens (tertiary/aromatic N) is 1. The molecule has 0 aliphatic heterocycles. The summed E-state index contributed by atoms with van der Waals surface area (Å²) in [6, 6.07) is 13.6. The van der Waals surface area contributed by atoms with Gasteiger partial charge in [-0.05, 0) is 56.2 Å². The zero-order chi connectivity index (χ0) is 21.1. The Hall–Kier alpha value is -3.60. The number of benzene rings is 2. The molecule has 148 valence electrons. The zero-order valence-corrected chi connectivity index (χ0v) is 17.1. The number of carbonyl (C=O) groups is 1. The maximum atomic E-state index is 12.5. The van der Waals surface area contributed by atoms with Gasteiger partial charge < -0.3 is 10.1 Å². The summed E-state index contributed by atoms with van der Waals surface area (Å²) in [6.07, 6.45) is 2.65. The Morgan fingerprint density at radius 2 is 1.79 bits per heavy atom. The van der Waals surface area contributed by atoms with Gasteiger partial charge in [-0.3, -0.25) is 9.59 Å². The fourth-order valence-corrected chi connectivity index (χ4v) is 3.20. The van der Waals surface area contributed by atoms with Crippen molar-refractivity contribution in [2.75, 3.05) is 12.4 Å². The van der Waals surface area contributed by atoms with Crippen LogP contribution in [0.25, 0.3) is 11.1 Å². The smallest absolute Gasteiger partial charge is 0.280 e. The molecule has 1 aromatic heterocycles. The van der Waals surface area contributed by atoms with Crippen molar-refractivity contribution in [3.8, 4) is 22.6 Å². The number of hydrogen-bond donors (Lipinski definition) is 1. The normalized spacial score (nSPS) is 10.5. The van der Waals surface area contributed by atoms with Gasteiger partial charge in [-0.25, -0.2) is 4.57 Å². The van der Waals surface area contributed by atoms with E-state index in [1.807, 2.05) is 57.2 Å². The molecule has 3 rings (SSSR count). The van der Waals surface area contributed by atoms with Gasteiger partial charge in [0.25, 0.3) is 11.5 Å². The number of anilines is 1. The van der Waals surface area contributed by atoms with Gasteiger partial charge in [-0.15, -0.1) is 0 Å². The van der Waals surface area contributed by atoms with Gasteiger partial charge in [0.05, 0.1) is 0 Å². The maximum Gasteiger partial charge on any atom is 0.280 e. The van der Waals surface area contributed by atoms with Gasteiger partial charge >= 0.3 is 0 Å². The molecule has 2 aromatic carbocycles. The van der Waals surface area contributed by atoms with E-state index in [0.29, 0.717) is 17.0 Å². The van der Waals surface area contributed by atoms with Gasteiger partial charge in [0.1, 0.15) is 17.2 Å². The molecule has 5 heteroatoms. The summed E-state index contributed by atoms with van der Waals surface area (Å²) in [4.78, 5) is 24.7. The molecule has 1 heterocycles. The number of rotatable bonds is 5. The first kappa shape index (κ1) is 20.1. The van der Waals surface area contributed by atoms with Gasteiger partial charge in [0.2, 0.25) is 0 Å². The molecular formula is C24H24N2O3. The molecule has 5 nitrogen and oxygen atoms in total. The summed E-state index contributed by atoms with van der Waals surface area (Å²) in [5, 5.41) is 2.87. The Balaban J connectivity index is 2.22. The zero-order valence-electron chi connectivity index (χ0n) is 17.1. The van der Waals surface area contributed by atoms with Crippen molar-refractivity contribution in [3.05, 3.63) is 88.4 Å². The van der Waals surface area contributed by atoms with Crippen molar-refractivity contribution in [1.29, 1.82) is 0 Å². The minimum absolute atomic E-state index is 0.317. The van der Waals surface area contributed by atoms with E-state index in [2.05, 4.69) is 11.9 Å². The van der Waals surface area contributed by atoms with Crippen LogP contribution in [0.15, 0.2) is 66.1 Å². The van der Waals surface area contributed by atoms with E-state index >= 15 is 0 Å². The minimum Gasteiger partial charge on any atom is -0.456 e. The van der Waals surface area contributed by atoms with Crippen molar-refractivity contribution in [1.82, 2.24) is 4.57 Å². The van der Waals surface area contributed by atoms with Crippen LogP contribution in [0.5, 0.6) is 11.5 Å². The predicted molar refractivity (Wildman–Crippen MR) is 117 cm³/mol. The average molecular weight is 388 g/mol. The van der Waals surface area contributed by atoms with Crippen molar-refractivity contribution in [2.45, 2.75) is 20.8 Å². The molecule has 29 heavy (non-hydrogen) atoms. The first-order chi connectivity index (χ1) is 13.8. The summed E-state index contributed by atoms with van der Waals surface area (Å²) >= 11 is 0. The largest absolute Gasteiger partial charge is 0.456 e. The Kier molecular flexibility index (Phi) is 5.69. The van der Waals surface area contributed by atoms with Crippen LogP contribution in [0, 0.1) is 20.8 Å². The van der Waals surface area contributed by atoms with Crippen LogP contribution in [0.1, 0.15) is 21.5 Å². The Labute approximate surface area is 170 Å². The maximum absolute atomic E-state index is 12.5. The van der Waals surface area contributed by atoms with Crippen molar-refractivity contribution in [2.24, 2.45) is 0 Å². The number of aromatic nitrogens is 1. The fourth-order valence-electron chi connectivity index (χ4n) is 3.20. The number of pyridine rings is 1. The molecule has 0 aliphatic rings. The van der Waals surface area contributed by atoms with E-state index < -0.39 is 11.5 Å². The highest BCUT2D eigenvalue weighted by Gasteiger charge is 2.16. The second-order valence-electron chi connectivity index (χ2n) is 6.93. The van der Waals surface area contributed by atoms with E-state index in [1.165, 1.54) is 6.20 Å². The Bertz CT molecular complexity index is 1140. The Morgan fingerprint density at radius 1 is 1.10 bits per heavy atom. The third-order valence-corrected chi connectivity index (χ3v) is 4.77. The van der Waals surface area contributed by atoms with Crippen LogP contribution in [0.4, 0.5) is 5.69 Å². The van der Waals surface area contributed by atoms with Gasteiger partial charge in [0, 0.05) is 24.4 Å². The van der Waals surface area contributed by atoms with Gasteiger partial charge in [-0.1, -0.05) is 36.4 Å². The molecule has 0 amide bonds. The molecule has 1 N–H and O–H groups in total. The number of aryl methyl sites for hydroxylation is 3. The molecule has 0 bridgehead atoms. The fraction of sp³-hybridized carbons (Fsp3) is 0.167. The number of allylic oxidation sites excluding steroid dienone is 1. The number of carbonyl (C=O) groups excluding carboxylic acids is 1. The number of nitrogens with one attached hydrogen (secondary N) is 1. The minimum atomic E-state index is -0.488. The third kappa shape index (κ3) is 3.99. The highest BCUT2D eigenvalue weighted by molar-refractivity contribution is 5.90. The molecule has 0 unspecified atom stereocenters. The summed E-state index contributed by atoms with van der Waals surface area (Å²) in [5.74, 6) is 0.950. The first-order valence-electron chi connectivity index (χ1n) is 9.32. The predicted octanol–water partition coefficient (Wildman–Crippen LogP) is 5.10. The number of para-hydroxylation sites is 1. The molecule has 0 radical (unpaired) electrons. The van der Waals surface area contributed by atoms with Crippen LogP contribution >= 0.6 is 0 Å². The lowest BCUT2D eigenvalue weighted by Gasteiger charge is -2.17. The number of ether oxygens (including phenoxy) is 1. The summed E-state index contributed by atoms with van der Waals surface area (Å²) in [5.41, 5.74) is 4.46. The van der Waals surface area contributed by atoms with E-state index in [-0.39, 0.29) is 0 Å². The van der Waals surface area contributed by atoms with Gasteiger partial charge in [0.15, 0.2) is 0 Å². The van der Waals surface area contributed by atoms with Crippen LogP contribution in [-0.2, 0) is 0 Å². The van der Waals surface area contributed by atoms with Crippen LogP contribution in [0.3, 0.4) is 0 Å². The third-order valence-electron chi connectivity index (χ3n) is 4.77. The van der Waals surface area contributed by atoms with Crippen LogP contribution < -0.4 is 15.6 Å². The molecule has 0 atom stereocenters. The molecule has 0 aliphatic carbocycles. The monoisotopic (exact) mass is 388 g/mol. The van der Waals surface area contributed by atoms with Crippen molar-refractivity contribution < 1.29 is 9.53 Å². The standard InChI is InChI=1S/C24H24N2O3/c1-6-22(27)26-14-18(13-20(25-5)24(26)28)19-12-15(2)10-11-21(19)29-23-16(3)8-7-9-17(23)4/h6-14,25H,1H2,2-5H3. The highest BCUT2D eigenvalue weighted by Crippen LogP contribution is 2.37. The molecule has 0 saturated heterocycles. The summed E-state index contributed by atoms with van der Waals surface area (Å²) < 4.78 is 7.35. The van der Waals surface area contributed by atoms with E-state index in [4.69, 9.17) is 4.74 Å². The highest BCUT2D eigenvalue weighted by atomic mass is 16.5. The van der Waals surface area contributed by atoms with E-state index in [1.54, 1.807) is 13.1 Å². The van der Waals surface area contributed by atoms with Crippen LogP contribution in [-0.4, -0.2) is 17.5 Å². The van der Waals surface area contributed by atoms with Crippen molar-refractivity contribution >= 4 is 11.6 Å². The summed E-state index contributed by atoms with van der Waals surface area (Å²) in [7, 11) is 1.65. The first-order valence-corrected chi connectivity index (χ1v) is 9.32. The van der Waals surface area contributed by atoms with E-state index in [9.17, 15) is 9.59 Å². The molecule has 3 aromatic rings. The lowest BCUT2D eigenvalue weighted by molar-refractivity contribution is 0.0965. The SMILES string of the molecule is C=CC(=O)n1cc(-c2cc(C)ccc2Oc2c(C)cccc2C)cc(NC)c1=O. The molecule has 0 saturated carbocycles. The molecular weight excluding hydrogens is 364 g/mol. The second kappa shape index (κ2) is 8.19. The molecule has 0 fully saturated rings.